The van der Waals surface area contributed by atoms with Crippen molar-refractivity contribution in [3.8, 4) is 0 Å². The third-order valence-corrected chi connectivity index (χ3v) is 1.55. The van der Waals surface area contributed by atoms with Crippen molar-refractivity contribution in [1.82, 2.24) is 5.32 Å². The molecule has 0 fully saturated rings. The van der Waals surface area contributed by atoms with Crippen LogP contribution in [0.1, 0.15) is 6.92 Å². The van der Waals surface area contributed by atoms with E-state index in [1.807, 2.05) is 24.3 Å². The number of anilines is 1. The summed E-state index contributed by atoms with van der Waals surface area (Å²) in [6, 6.07) is 10.5. The van der Waals surface area contributed by atoms with Gasteiger partial charge in [0.1, 0.15) is 0 Å². The predicted molar refractivity (Wildman–Crippen MR) is 52.5 cm³/mol. The van der Waals surface area contributed by atoms with Crippen LogP contribution < -0.4 is 10.6 Å². The monoisotopic (exact) mass is 177 g/mol. The highest BCUT2D eigenvalue weighted by Crippen LogP contribution is 2.02. The molecule has 1 radical (unpaired) electrons. The van der Waals surface area contributed by atoms with E-state index < -0.39 is 0 Å². The Hall–Kier alpha value is -1.51. The normalized spacial score (nSPS) is 9.31. The Labute approximate surface area is 78.2 Å². The van der Waals surface area contributed by atoms with E-state index in [1.54, 1.807) is 0 Å². The van der Waals surface area contributed by atoms with Gasteiger partial charge in [0.15, 0.2) is 0 Å². The molecule has 0 heterocycles. The van der Waals surface area contributed by atoms with Gasteiger partial charge >= 0.3 is 0 Å². The van der Waals surface area contributed by atoms with Crippen molar-refractivity contribution in [2.45, 2.75) is 6.92 Å². The van der Waals surface area contributed by atoms with E-state index in [-0.39, 0.29) is 5.91 Å². The first kappa shape index (κ1) is 9.58. The largest absolute Gasteiger partial charge is 0.383 e. The molecule has 0 aromatic heterocycles. The van der Waals surface area contributed by atoms with Crippen molar-refractivity contribution in [3.63, 3.8) is 0 Å². The van der Waals surface area contributed by atoms with Crippen molar-refractivity contribution < 1.29 is 4.79 Å². The first-order valence-corrected chi connectivity index (χ1v) is 4.23. The van der Waals surface area contributed by atoms with Gasteiger partial charge in [-0.15, -0.1) is 0 Å². The first-order chi connectivity index (χ1) is 6.29. The number of hydrogen-bond donors (Lipinski definition) is 2. The maximum atomic E-state index is 10.5. The number of amides is 1. The molecule has 0 aliphatic carbocycles. The minimum absolute atomic E-state index is 0.00296. The van der Waals surface area contributed by atoms with Crippen LogP contribution in [0.4, 0.5) is 5.69 Å². The van der Waals surface area contributed by atoms with E-state index in [2.05, 4.69) is 16.7 Å². The van der Waals surface area contributed by atoms with Gasteiger partial charge in [-0.1, -0.05) is 12.1 Å². The lowest BCUT2D eigenvalue weighted by molar-refractivity contribution is -0.118. The SMILES string of the molecule is CC(=O)NCCNc1cc[c]cc1. The van der Waals surface area contributed by atoms with Crippen molar-refractivity contribution in [1.29, 1.82) is 0 Å². The molecule has 2 N–H and O–H groups in total. The van der Waals surface area contributed by atoms with Crippen LogP contribution in [-0.4, -0.2) is 19.0 Å². The smallest absolute Gasteiger partial charge is 0.216 e. The quantitative estimate of drug-likeness (QED) is 0.674. The molecule has 0 saturated carbocycles. The third-order valence-electron chi connectivity index (χ3n) is 1.55. The lowest BCUT2D eigenvalue weighted by Crippen LogP contribution is -2.26. The highest BCUT2D eigenvalue weighted by Gasteiger charge is 1.90. The van der Waals surface area contributed by atoms with Crippen molar-refractivity contribution >= 4 is 11.6 Å². The molecule has 0 atom stereocenters. The zero-order valence-electron chi connectivity index (χ0n) is 7.63. The van der Waals surface area contributed by atoms with Crippen molar-refractivity contribution in [2.75, 3.05) is 18.4 Å². The van der Waals surface area contributed by atoms with Crippen LogP contribution in [0.25, 0.3) is 0 Å². The number of hydrogen-bond acceptors (Lipinski definition) is 2. The van der Waals surface area contributed by atoms with Gasteiger partial charge in [0.2, 0.25) is 5.91 Å². The fraction of sp³-hybridized carbons (Fsp3) is 0.300. The Bertz CT molecular complexity index is 259. The van der Waals surface area contributed by atoms with Crippen LogP contribution >= 0.6 is 0 Å². The average molecular weight is 177 g/mol. The zero-order valence-corrected chi connectivity index (χ0v) is 7.63. The highest BCUT2D eigenvalue weighted by molar-refractivity contribution is 5.72. The molecule has 1 rings (SSSR count). The minimum Gasteiger partial charge on any atom is -0.383 e. The van der Waals surface area contributed by atoms with Crippen LogP contribution in [0.15, 0.2) is 24.3 Å². The Morgan fingerprint density at radius 3 is 2.69 bits per heavy atom. The molecular formula is C10H13N2O. The van der Waals surface area contributed by atoms with Crippen LogP contribution in [0.3, 0.4) is 0 Å². The molecule has 1 amide bonds. The van der Waals surface area contributed by atoms with Gasteiger partial charge in [-0.25, -0.2) is 0 Å². The number of carbonyl (C=O) groups excluding carboxylic acids is 1. The molecule has 0 aliphatic heterocycles. The second-order valence-corrected chi connectivity index (χ2v) is 2.70. The lowest BCUT2D eigenvalue weighted by atomic mass is 10.3. The lowest BCUT2D eigenvalue weighted by Gasteiger charge is -2.05. The predicted octanol–water partition coefficient (Wildman–Crippen LogP) is 1.03. The van der Waals surface area contributed by atoms with Gasteiger partial charge in [-0.05, 0) is 18.2 Å². The summed E-state index contributed by atoms with van der Waals surface area (Å²) in [6.07, 6.45) is 0. The molecule has 0 unspecified atom stereocenters. The molecule has 0 bridgehead atoms. The molecule has 3 heteroatoms. The van der Waals surface area contributed by atoms with Gasteiger partial charge in [0, 0.05) is 25.7 Å². The Morgan fingerprint density at radius 1 is 1.38 bits per heavy atom. The van der Waals surface area contributed by atoms with Crippen molar-refractivity contribution in [3.05, 3.63) is 30.3 Å². The Kier molecular flexibility index (Phi) is 3.82. The summed E-state index contributed by atoms with van der Waals surface area (Å²) >= 11 is 0. The van der Waals surface area contributed by atoms with E-state index in [9.17, 15) is 4.79 Å². The van der Waals surface area contributed by atoms with Crippen LogP contribution in [0, 0.1) is 6.07 Å². The van der Waals surface area contributed by atoms with Gasteiger partial charge in [-0.3, -0.25) is 4.79 Å². The van der Waals surface area contributed by atoms with Crippen LogP contribution in [0.5, 0.6) is 0 Å². The Morgan fingerprint density at radius 2 is 2.08 bits per heavy atom. The second kappa shape index (κ2) is 5.19. The molecule has 13 heavy (non-hydrogen) atoms. The van der Waals surface area contributed by atoms with E-state index in [0.29, 0.717) is 6.54 Å². The minimum atomic E-state index is 0.00296. The van der Waals surface area contributed by atoms with Gasteiger partial charge in [-0.2, -0.15) is 0 Å². The van der Waals surface area contributed by atoms with Gasteiger partial charge in [0.25, 0.3) is 0 Å². The topological polar surface area (TPSA) is 41.1 Å². The van der Waals surface area contributed by atoms with Crippen LogP contribution in [0.2, 0.25) is 0 Å². The summed E-state index contributed by atoms with van der Waals surface area (Å²) in [7, 11) is 0. The molecule has 0 aliphatic rings. The molecule has 0 spiro atoms. The zero-order chi connectivity index (χ0) is 9.52. The summed E-state index contributed by atoms with van der Waals surface area (Å²) in [6.45, 7) is 2.90. The number of benzene rings is 1. The van der Waals surface area contributed by atoms with Crippen LogP contribution in [-0.2, 0) is 4.79 Å². The van der Waals surface area contributed by atoms with E-state index in [0.717, 1.165) is 12.2 Å². The average Bonchev–Trinajstić information content (AvgIpc) is 2.14. The second-order valence-electron chi connectivity index (χ2n) is 2.70. The third kappa shape index (κ3) is 4.15. The van der Waals surface area contributed by atoms with Crippen molar-refractivity contribution in [2.24, 2.45) is 0 Å². The molecular weight excluding hydrogens is 164 g/mol. The molecule has 69 valence electrons. The summed E-state index contributed by atoms with van der Waals surface area (Å²) in [5, 5.41) is 5.87. The fourth-order valence-electron chi connectivity index (χ4n) is 0.950. The molecule has 0 saturated heterocycles. The standard InChI is InChI=1S/C10H13N2O/c1-9(13)11-7-8-12-10-5-3-2-4-6-10/h3-6,12H,7-8H2,1H3,(H,11,13). The highest BCUT2D eigenvalue weighted by atomic mass is 16.1. The molecule has 1 aromatic carbocycles. The summed E-state index contributed by atoms with van der Waals surface area (Å²) in [4.78, 5) is 10.5. The maximum Gasteiger partial charge on any atom is 0.216 e. The summed E-state index contributed by atoms with van der Waals surface area (Å²) in [5.41, 5.74) is 1.05. The van der Waals surface area contributed by atoms with E-state index >= 15 is 0 Å². The first-order valence-electron chi connectivity index (χ1n) is 4.23. The molecule has 1 aromatic rings. The maximum absolute atomic E-state index is 10.5. The number of rotatable bonds is 4. The summed E-state index contributed by atoms with van der Waals surface area (Å²) in [5.74, 6) is 0.00296. The fourth-order valence-corrected chi connectivity index (χ4v) is 0.950. The number of carbonyl (C=O) groups is 1. The van der Waals surface area contributed by atoms with E-state index in [1.165, 1.54) is 6.92 Å². The Balaban J connectivity index is 2.17. The van der Waals surface area contributed by atoms with Gasteiger partial charge in [0.05, 0.1) is 0 Å². The van der Waals surface area contributed by atoms with E-state index in [4.69, 9.17) is 0 Å². The molecule has 3 nitrogen and oxygen atoms in total. The summed E-state index contributed by atoms with van der Waals surface area (Å²) < 4.78 is 0. The number of nitrogens with one attached hydrogen (secondary N) is 2. The van der Waals surface area contributed by atoms with Gasteiger partial charge < -0.3 is 10.6 Å².